The van der Waals surface area contributed by atoms with E-state index in [2.05, 4.69) is 21.4 Å². The summed E-state index contributed by atoms with van der Waals surface area (Å²) in [4.78, 5) is 15.4. The van der Waals surface area contributed by atoms with Crippen molar-refractivity contribution in [3.05, 3.63) is 54.2 Å². The molecule has 2 atom stereocenters. The number of carboxylic acid groups (broad SMARTS) is 1. The number of benzene rings is 1. The van der Waals surface area contributed by atoms with Crippen LogP contribution in [-0.2, 0) is 4.79 Å². The average Bonchev–Trinajstić information content (AvgIpc) is 2.98. The summed E-state index contributed by atoms with van der Waals surface area (Å²) in [5.74, 6) is -0.902. The Bertz CT molecular complexity index is 600. The SMILES string of the molecule is O=C(O)C1NNNC1c1ccc(-c2ccccn2)cc1. The molecule has 2 unspecified atom stereocenters. The predicted octanol–water partition coefficient (Wildman–Crippen LogP) is 0.855. The zero-order chi connectivity index (χ0) is 13.9. The molecule has 20 heavy (non-hydrogen) atoms. The maximum Gasteiger partial charge on any atom is 0.324 e. The van der Waals surface area contributed by atoms with Crippen LogP contribution >= 0.6 is 0 Å². The van der Waals surface area contributed by atoms with Gasteiger partial charge < -0.3 is 5.11 Å². The van der Waals surface area contributed by atoms with E-state index in [1.54, 1.807) is 6.20 Å². The molecule has 0 amide bonds. The second-order valence-corrected chi connectivity index (χ2v) is 4.54. The van der Waals surface area contributed by atoms with Crippen LogP contribution in [0.3, 0.4) is 0 Å². The summed E-state index contributed by atoms with van der Waals surface area (Å²) in [7, 11) is 0. The molecule has 0 spiro atoms. The highest BCUT2D eigenvalue weighted by molar-refractivity contribution is 5.75. The van der Waals surface area contributed by atoms with Gasteiger partial charge in [0.15, 0.2) is 0 Å². The van der Waals surface area contributed by atoms with Crippen LogP contribution in [0.2, 0.25) is 0 Å². The van der Waals surface area contributed by atoms with Crippen LogP contribution in [-0.4, -0.2) is 22.1 Å². The lowest BCUT2D eigenvalue weighted by molar-refractivity contribution is -0.139. The van der Waals surface area contributed by atoms with Crippen molar-refractivity contribution in [2.75, 3.05) is 0 Å². The molecule has 1 fully saturated rings. The Morgan fingerprint density at radius 2 is 1.90 bits per heavy atom. The Morgan fingerprint density at radius 3 is 2.55 bits per heavy atom. The number of carbonyl (C=O) groups is 1. The molecule has 3 rings (SSSR count). The van der Waals surface area contributed by atoms with E-state index in [0.29, 0.717) is 0 Å². The molecule has 1 aromatic heterocycles. The third kappa shape index (κ3) is 2.39. The first-order valence-electron chi connectivity index (χ1n) is 6.26. The van der Waals surface area contributed by atoms with Crippen LogP contribution in [0.15, 0.2) is 48.7 Å². The molecule has 6 heteroatoms. The van der Waals surface area contributed by atoms with Gasteiger partial charge in [0.2, 0.25) is 0 Å². The fraction of sp³-hybridized carbons (Fsp3) is 0.143. The molecular formula is C14H14N4O2. The zero-order valence-corrected chi connectivity index (χ0v) is 10.6. The van der Waals surface area contributed by atoms with Crippen molar-refractivity contribution in [2.24, 2.45) is 0 Å². The van der Waals surface area contributed by atoms with Gasteiger partial charge in [0.1, 0.15) is 6.04 Å². The second kappa shape index (κ2) is 5.38. The summed E-state index contributed by atoms with van der Waals surface area (Å²) in [6, 6.07) is 12.4. The fourth-order valence-corrected chi connectivity index (χ4v) is 2.24. The second-order valence-electron chi connectivity index (χ2n) is 4.54. The molecule has 1 saturated heterocycles. The molecule has 1 aromatic carbocycles. The van der Waals surface area contributed by atoms with Gasteiger partial charge in [-0.05, 0) is 17.7 Å². The van der Waals surface area contributed by atoms with Gasteiger partial charge in [-0.25, -0.2) is 10.9 Å². The minimum atomic E-state index is -0.902. The summed E-state index contributed by atoms with van der Waals surface area (Å²) in [5, 5.41) is 9.13. The normalized spacial score (nSPS) is 21.8. The number of rotatable bonds is 3. The van der Waals surface area contributed by atoms with E-state index in [-0.39, 0.29) is 6.04 Å². The van der Waals surface area contributed by atoms with Crippen molar-refractivity contribution >= 4 is 5.97 Å². The molecule has 0 aliphatic carbocycles. The molecule has 4 N–H and O–H groups in total. The lowest BCUT2D eigenvalue weighted by Crippen LogP contribution is -2.38. The van der Waals surface area contributed by atoms with Crippen LogP contribution in [0.25, 0.3) is 11.3 Å². The van der Waals surface area contributed by atoms with Gasteiger partial charge in [0.25, 0.3) is 0 Å². The number of aromatic nitrogens is 1. The van der Waals surface area contributed by atoms with Crippen LogP contribution in [0, 0.1) is 0 Å². The third-order valence-electron chi connectivity index (χ3n) is 3.29. The summed E-state index contributed by atoms with van der Waals surface area (Å²) in [6.45, 7) is 0. The smallest absolute Gasteiger partial charge is 0.324 e. The van der Waals surface area contributed by atoms with Crippen molar-refractivity contribution in [2.45, 2.75) is 12.1 Å². The van der Waals surface area contributed by atoms with Crippen molar-refractivity contribution in [3.8, 4) is 11.3 Å². The Hall–Kier alpha value is -2.28. The van der Waals surface area contributed by atoms with Crippen molar-refractivity contribution in [3.63, 3.8) is 0 Å². The first-order valence-corrected chi connectivity index (χ1v) is 6.26. The van der Waals surface area contributed by atoms with Crippen LogP contribution < -0.4 is 16.4 Å². The molecular weight excluding hydrogens is 256 g/mol. The number of pyridine rings is 1. The average molecular weight is 270 g/mol. The first-order chi connectivity index (χ1) is 9.75. The van der Waals surface area contributed by atoms with Gasteiger partial charge in [-0.2, -0.15) is 5.53 Å². The maximum absolute atomic E-state index is 11.1. The highest BCUT2D eigenvalue weighted by Crippen LogP contribution is 2.23. The number of aliphatic carboxylic acids is 1. The Labute approximate surface area is 115 Å². The summed E-state index contributed by atoms with van der Waals surface area (Å²) >= 11 is 0. The number of nitrogens with zero attached hydrogens (tertiary/aromatic N) is 1. The van der Waals surface area contributed by atoms with Crippen LogP contribution in [0.1, 0.15) is 11.6 Å². The van der Waals surface area contributed by atoms with Gasteiger partial charge in [0.05, 0.1) is 11.7 Å². The molecule has 1 aliphatic heterocycles. The van der Waals surface area contributed by atoms with Gasteiger partial charge in [-0.15, -0.1) is 0 Å². The molecule has 0 bridgehead atoms. The lowest BCUT2D eigenvalue weighted by Gasteiger charge is -2.14. The van der Waals surface area contributed by atoms with E-state index in [4.69, 9.17) is 5.11 Å². The van der Waals surface area contributed by atoms with E-state index < -0.39 is 12.0 Å². The van der Waals surface area contributed by atoms with Gasteiger partial charge >= 0.3 is 5.97 Å². The van der Waals surface area contributed by atoms with Gasteiger partial charge in [-0.3, -0.25) is 9.78 Å². The molecule has 102 valence electrons. The molecule has 1 aliphatic rings. The number of hydrogen-bond acceptors (Lipinski definition) is 5. The molecule has 0 radical (unpaired) electrons. The summed E-state index contributed by atoms with van der Waals surface area (Å²) in [5.41, 5.74) is 11.0. The number of hydrogen-bond donors (Lipinski definition) is 4. The van der Waals surface area contributed by atoms with Crippen molar-refractivity contribution in [1.29, 1.82) is 0 Å². The topological polar surface area (TPSA) is 86.3 Å². The van der Waals surface area contributed by atoms with Crippen LogP contribution in [0.5, 0.6) is 0 Å². The molecule has 0 saturated carbocycles. The van der Waals surface area contributed by atoms with E-state index in [1.807, 2.05) is 42.5 Å². The van der Waals surface area contributed by atoms with E-state index in [0.717, 1.165) is 16.8 Å². The monoisotopic (exact) mass is 270 g/mol. The Balaban J connectivity index is 1.85. The largest absolute Gasteiger partial charge is 0.480 e. The first kappa shape index (κ1) is 12.7. The van der Waals surface area contributed by atoms with Crippen molar-refractivity contribution < 1.29 is 9.90 Å². The van der Waals surface area contributed by atoms with E-state index >= 15 is 0 Å². The third-order valence-corrected chi connectivity index (χ3v) is 3.29. The number of hydrazine groups is 2. The number of carboxylic acids is 1. The Morgan fingerprint density at radius 1 is 1.10 bits per heavy atom. The summed E-state index contributed by atoms with van der Waals surface area (Å²) < 4.78 is 0. The maximum atomic E-state index is 11.1. The predicted molar refractivity (Wildman–Crippen MR) is 73.2 cm³/mol. The summed E-state index contributed by atoms with van der Waals surface area (Å²) in [6.07, 6.45) is 1.75. The van der Waals surface area contributed by atoms with Gasteiger partial charge in [-0.1, -0.05) is 30.3 Å². The van der Waals surface area contributed by atoms with E-state index in [9.17, 15) is 4.79 Å². The fourth-order valence-electron chi connectivity index (χ4n) is 2.24. The van der Waals surface area contributed by atoms with Crippen LogP contribution in [0.4, 0.5) is 0 Å². The highest BCUT2D eigenvalue weighted by Gasteiger charge is 2.33. The Kier molecular flexibility index (Phi) is 3.42. The molecule has 2 heterocycles. The minimum absolute atomic E-state index is 0.315. The van der Waals surface area contributed by atoms with Gasteiger partial charge in [0, 0.05) is 11.8 Å². The number of nitrogens with one attached hydrogen (secondary N) is 3. The quantitative estimate of drug-likeness (QED) is 0.661. The molecule has 6 nitrogen and oxygen atoms in total. The van der Waals surface area contributed by atoms with E-state index in [1.165, 1.54) is 0 Å². The standard InChI is InChI=1S/C14H14N4O2/c19-14(20)13-12(16-18-17-13)10-6-4-9(5-7-10)11-3-1-2-8-15-11/h1-8,12-13,16-18H,(H,19,20). The molecule has 2 aromatic rings. The van der Waals surface area contributed by atoms with Crippen molar-refractivity contribution in [1.82, 2.24) is 21.4 Å². The zero-order valence-electron chi connectivity index (χ0n) is 10.6. The lowest BCUT2D eigenvalue weighted by atomic mass is 9.99. The minimum Gasteiger partial charge on any atom is -0.480 e. The highest BCUT2D eigenvalue weighted by atomic mass is 16.4.